The first kappa shape index (κ1) is 17.1. The van der Waals surface area contributed by atoms with Crippen LogP contribution >= 0.6 is 0 Å². The van der Waals surface area contributed by atoms with Crippen LogP contribution in [0.3, 0.4) is 0 Å². The maximum absolute atomic E-state index is 9.64. The molecule has 0 saturated carbocycles. The second-order valence-electron chi connectivity index (χ2n) is 1.29. The summed E-state index contributed by atoms with van der Waals surface area (Å²) in [6.07, 6.45) is -0.593. The van der Waals surface area contributed by atoms with Crippen LogP contribution in [0.25, 0.3) is 0 Å². The van der Waals surface area contributed by atoms with E-state index in [2.05, 4.69) is 0 Å². The molecule has 0 aliphatic rings. The molecule has 10 heavy (non-hydrogen) atoms. The molecule has 0 unspecified atom stereocenters. The van der Waals surface area contributed by atoms with Gasteiger partial charge in [0.1, 0.15) is 0 Å². The fourth-order valence-electron chi connectivity index (χ4n) is 0.214. The van der Waals surface area contributed by atoms with Crippen molar-refractivity contribution >= 4 is 11.9 Å². The summed E-state index contributed by atoms with van der Waals surface area (Å²) in [5.41, 5.74) is 0. The molecule has 6 heteroatoms. The van der Waals surface area contributed by atoms with Gasteiger partial charge in [0.2, 0.25) is 0 Å². The summed E-state index contributed by atoms with van der Waals surface area (Å²) in [6.45, 7) is 0. The fourth-order valence-corrected chi connectivity index (χ4v) is 0.214. The maximum atomic E-state index is 9.64. The van der Waals surface area contributed by atoms with Crippen LogP contribution in [0.15, 0.2) is 0 Å². The monoisotopic (exact) mass is 166 g/mol. The largest absolute Gasteiger partial charge is 1.00 e. The van der Waals surface area contributed by atoms with Gasteiger partial charge in [0, 0.05) is 0 Å². The van der Waals surface area contributed by atoms with Gasteiger partial charge >= 0.3 is 71.1 Å². The molecule has 0 bridgehead atoms. The summed E-state index contributed by atoms with van der Waals surface area (Å²) in [6, 6.07) is 0. The van der Waals surface area contributed by atoms with Crippen LogP contribution in [0.2, 0.25) is 0 Å². The van der Waals surface area contributed by atoms with E-state index in [9.17, 15) is 9.59 Å². The van der Waals surface area contributed by atoms with Crippen molar-refractivity contribution in [2.24, 2.45) is 0 Å². The quantitative estimate of drug-likeness (QED) is 0.409. The zero-order chi connectivity index (χ0) is 6.57. The number of carboxylic acids is 2. The fraction of sp³-hybridized carbons (Fsp3) is 0.500. The van der Waals surface area contributed by atoms with Gasteiger partial charge < -0.3 is 13.1 Å². The van der Waals surface area contributed by atoms with Gasteiger partial charge in [-0.1, -0.05) is 0 Å². The smallest absolute Gasteiger partial charge is 1.00 e. The molecule has 0 fully saturated rings. The maximum Gasteiger partial charge on any atom is 1.00 e. The van der Waals surface area contributed by atoms with Crippen LogP contribution in [-0.2, 0) is 9.59 Å². The molecule has 0 aliphatic heterocycles. The second-order valence-corrected chi connectivity index (χ2v) is 1.29. The first-order valence-electron chi connectivity index (χ1n) is 2.06. The second kappa shape index (κ2) is 9.94. The van der Waals surface area contributed by atoms with Crippen LogP contribution < -0.4 is 59.1 Å². The Morgan fingerprint density at radius 1 is 1.00 bits per heavy atom. The molecule has 0 heterocycles. The average molecular weight is 166 g/mol. The van der Waals surface area contributed by atoms with Gasteiger partial charge in [0.25, 0.3) is 0 Å². The molecule has 0 amide bonds. The first-order chi connectivity index (χ1) is 3.63. The van der Waals surface area contributed by atoms with E-state index in [-0.39, 0.29) is 74.8 Å². The molecular weight excluding hydrogens is 158 g/mol. The van der Waals surface area contributed by atoms with Crippen molar-refractivity contribution in [2.75, 3.05) is 0 Å². The number of rotatable bonds is 3. The number of carboxylic acid groups (broad SMARTS) is 2. The summed E-state index contributed by atoms with van der Waals surface area (Å²) >= 11 is 0. The molecule has 4 nitrogen and oxygen atoms in total. The van der Waals surface area contributed by atoms with Crippen LogP contribution in [0.1, 0.15) is 15.7 Å². The normalized spacial score (nSPS) is 6.80. The Kier molecular flexibility index (Phi) is 17.0. The molecule has 50 valence electrons. The summed E-state index contributed by atoms with van der Waals surface area (Å²) in [5, 5.41) is 15.8. The van der Waals surface area contributed by atoms with Crippen LogP contribution in [0.4, 0.5) is 0 Å². The Hall–Kier alpha value is 0.940. The summed E-state index contributed by atoms with van der Waals surface area (Å²) in [4.78, 5) is 19.3. The van der Waals surface area contributed by atoms with Gasteiger partial charge in [0.05, 0.1) is 12.8 Å². The van der Waals surface area contributed by atoms with Gasteiger partial charge in [-0.25, -0.2) is 0 Å². The first-order valence-corrected chi connectivity index (χ1v) is 2.06. The minimum atomic E-state index is -1.08. The number of aliphatic carboxylic acids is 2. The standard InChI is InChI=1S/C4H6O4.2Na.2H/c5-3(6)1-2-4(7)8;;;;/h1-2H2,(H,5,6)(H,7,8);;;;/q;2*+1;2*-1. The van der Waals surface area contributed by atoms with E-state index in [0.29, 0.717) is 0 Å². The molecule has 0 atom stereocenters. The molecule has 0 rings (SSSR count). The molecule has 0 aromatic rings. The van der Waals surface area contributed by atoms with Gasteiger partial charge in [-0.3, -0.25) is 9.59 Å². The van der Waals surface area contributed by atoms with Gasteiger partial charge in [-0.15, -0.1) is 0 Å². The minimum absolute atomic E-state index is 0. The molecule has 0 aromatic carbocycles. The van der Waals surface area contributed by atoms with E-state index in [1.807, 2.05) is 0 Å². The third-order valence-electron chi connectivity index (χ3n) is 0.553. The number of hydrogen-bond acceptors (Lipinski definition) is 2. The topological polar surface area (TPSA) is 74.6 Å². The SMILES string of the molecule is O=C(O)CCC(=O)O.[H-].[H-].[Na+].[Na+]. The Balaban J connectivity index is -0.0000000408. The zero-order valence-electron chi connectivity index (χ0n) is 8.13. The predicted octanol–water partition coefficient (Wildman–Crippen LogP) is -5.83. The van der Waals surface area contributed by atoms with E-state index in [1.165, 1.54) is 0 Å². The van der Waals surface area contributed by atoms with Crippen molar-refractivity contribution in [2.45, 2.75) is 12.8 Å². The van der Waals surface area contributed by atoms with Gasteiger partial charge in [0.15, 0.2) is 0 Å². The van der Waals surface area contributed by atoms with Crippen molar-refractivity contribution in [1.29, 1.82) is 0 Å². The molecule has 0 radical (unpaired) electrons. The molecule has 0 aliphatic carbocycles. The average Bonchev–Trinajstić information content (AvgIpc) is 1.61. The Morgan fingerprint density at radius 2 is 1.20 bits per heavy atom. The summed E-state index contributed by atoms with van der Waals surface area (Å²) in [7, 11) is 0. The zero-order valence-corrected chi connectivity index (χ0v) is 10.1. The predicted molar refractivity (Wildman–Crippen MR) is 26.7 cm³/mol. The van der Waals surface area contributed by atoms with Crippen LogP contribution in [-0.4, -0.2) is 22.2 Å². The van der Waals surface area contributed by atoms with E-state index >= 15 is 0 Å². The third kappa shape index (κ3) is 16.0. The molecule has 0 spiro atoms. The third-order valence-corrected chi connectivity index (χ3v) is 0.553. The van der Waals surface area contributed by atoms with E-state index in [0.717, 1.165) is 0 Å². The number of carbonyl (C=O) groups is 2. The van der Waals surface area contributed by atoms with Crippen molar-refractivity contribution in [1.82, 2.24) is 0 Å². The summed E-state index contributed by atoms with van der Waals surface area (Å²) in [5.74, 6) is -2.15. The van der Waals surface area contributed by atoms with Gasteiger partial charge in [-0.2, -0.15) is 0 Å². The van der Waals surface area contributed by atoms with Crippen molar-refractivity contribution in [3.63, 3.8) is 0 Å². The van der Waals surface area contributed by atoms with Crippen molar-refractivity contribution < 1.29 is 81.8 Å². The summed E-state index contributed by atoms with van der Waals surface area (Å²) < 4.78 is 0. The Labute approximate surface area is 106 Å². The van der Waals surface area contributed by atoms with Crippen LogP contribution in [0, 0.1) is 0 Å². The Morgan fingerprint density at radius 3 is 1.30 bits per heavy atom. The van der Waals surface area contributed by atoms with Crippen molar-refractivity contribution in [3.8, 4) is 0 Å². The van der Waals surface area contributed by atoms with E-state index < -0.39 is 11.9 Å². The number of hydrogen-bond donors (Lipinski definition) is 2. The molecule has 0 saturated heterocycles. The molecular formula is C4H8Na2O4. The molecule has 0 aromatic heterocycles. The van der Waals surface area contributed by atoms with E-state index in [1.54, 1.807) is 0 Å². The van der Waals surface area contributed by atoms with Crippen molar-refractivity contribution in [3.05, 3.63) is 0 Å². The minimum Gasteiger partial charge on any atom is -1.00 e. The van der Waals surface area contributed by atoms with Crippen LogP contribution in [0.5, 0.6) is 0 Å². The Bertz CT molecular complexity index is 108. The molecule has 2 N–H and O–H groups in total. The van der Waals surface area contributed by atoms with Gasteiger partial charge in [-0.05, 0) is 0 Å². The van der Waals surface area contributed by atoms with E-state index in [4.69, 9.17) is 10.2 Å².